The van der Waals surface area contributed by atoms with Crippen molar-refractivity contribution in [1.29, 1.82) is 0 Å². The Bertz CT molecular complexity index is 400. The molecule has 0 saturated carbocycles. The van der Waals surface area contributed by atoms with Crippen LogP contribution in [0.2, 0.25) is 0 Å². The van der Waals surface area contributed by atoms with Crippen LogP contribution in [-0.4, -0.2) is 36.3 Å². The first-order valence-corrected chi connectivity index (χ1v) is 5.66. The minimum atomic E-state index is -0.0798. The molecule has 0 aliphatic carbocycles. The van der Waals surface area contributed by atoms with Crippen molar-refractivity contribution in [2.75, 3.05) is 19.6 Å². The minimum absolute atomic E-state index is 0.0302. The number of rotatable bonds is 1. The van der Waals surface area contributed by atoms with Crippen LogP contribution in [0.4, 0.5) is 0 Å². The smallest absolute Gasteiger partial charge is 0.264 e. The highest BCUT2D eigenvalue weighted by molar-refractivity contribution is 7.12. The van der Waals surface area contributed by atoms with E-state index >= 15 is 0 Å². The van der Waals surface area contributed by atoms with Crippen molar-refractivity contribution in [3.8, 4) is 0 Å². The van der Waals surface area contributed by atoms with E-state index in [2.05, 4.69) is 5.32 Å². The van der Waals surface area contributed by atoms with Crippen LogP contribution >= 0.6 is 11.3 Å². The van der Waals surface area contributed by atoms with E-state index < -0.39 is 0 Å². The number of piperazine rings is 1. The molecule has 4 nitrogen and oxygen atoms in total. The van der Waals surface area contributed by atoms with Gasteiger partial charge in [0.2, 0.25) is 5.91 Å². The summed E-state index contributed by atoms with van der Waals surface area (Å²) in [6.07, 6.45) is 0. The molecule has 2 rings (SSSR count). The summed E-state index contributed by atoms with van der Waals surface area (Å²) >= 11 is 1.43. The molecule has 0 radical (unpaired) electrons. The third-order valence-corrected chi connectivity index (χ3v) is 3.39. The van der Waals surface area contributed by atoms with E-state index in [1.807, 2.05) is 18.4 Å². The molecule has 0 aromatic carbocycles. The highest BCUT2D eigenvalue weighted by Crippen LogP contribution is 2.18. The lowest BCUT2D eigenvalue weighted by atomic mass is 10.2. The Morgan fingerprint density at radius 1 is 1.60 bits per heavy atom. The summed E-state index contributed by atoms with van der Waals surface area (Å²) < 4.78 is 0. The van der Waals surface area contributed by atoms with Gasteiger partial charge < -0.3 is 10.2 Å². The van der Waals surface area contributed by atoms with Gasteiger partial charge in [-0.25, -0.2) is 0 Å². The average molecular weight is 224 g/mol. The number of aryl methyl sites for hydroxylation is 1. The van der Waals surface area contributed by atoms with Crippen LogP contribution in [0.3, 0.4) is 0 Å². The minimum Gasteiger partial charge on any atom is -0.353 e. The molecule has 0 spiro atoms. The molecule has 15 heavy (non-hydrogen) atoms. The van der Waals surface area contributed by atoms with Crippen molar-refractivity contribution < 1.29 is 9.59 Å². The zero-order valence-corrected chi connectivity index (χ0v) is 9.26. The maximum absolute atomic E-state index is 12.0. The lowest BCUT2D eigenvalue weighted by Gasteiger charge is -2.26. The number of carbonyl (C=O) groups is 2. The first-order valence-electron chi connectivity index (χ1n) is 4.78. The summed E-state index contributed by atoms with van der Waals surface area (Å²) in [5, 5.41) is 4.59. The fraction of sp³-hybridized carbons (Fsp3) is 0.400. The molecule has 1 saturated heterocycles. The SMILES string of the molecule is Cc1ccsc1C(=O)N1CCNC(=O)C1. The molecule has 0 unspecified atom stereocenters. The van der Waals surface area contributed by atoms with Gasteiger partial charge in [0, 0.05) is 13.1 Å². The van der Waals surface area contributed by atoms with Crippen molar-refractivity contribution in [1.82, 2.24) is 10.2 Å². The van der Waals surface area contributed by atoms with Gasteiger partial charge in [-0.15, -0.1) is 11.3 Å². The van der Waals surface area contributed by atoms with Gasteiger partial charge >= 0.3 is 0 Å². The number of amides is 2. The second-order valence-electron chi connectivity index (χ2n) is 3.51. The standard InChI is InChI=1S/C10H12N2O2S/c1-7-2-5-15-9(7)10(14)12-4-3-11-8(13)6-12/h2,5H,3-4,6H2,1H3,(H,11,13). The topological polar surface area (TPSA) is 49.4 Å². The van der Waals surface area contributed by atoms with Crippen molar-refractivity contribution in [2.24, 2.45) is 0 Å². The summed E-state index contributed by atoms with van der Waals surface area (Å²) in [5.74, 6) is -0.110. The maximum Gasteiger partial charge on any atom is 0.264 e. The second kappa shape index (κ2) is 4.02. The number of nitrogens with zero attached hydrogens (tertiary/aromatic N) is 1. The van der Waals surface area contributed by atoms with Crippen molar-refractivity contribution in [3.63, 3.8) is 0 Å². The highest BCUT2D eigenvalue weighted by atomic mass is 32.1. The molecule has 1 aromatic rings. The molecule has 1 aliphatic heterocycles. The summed E-state index contributed by atoms with van der Waals surface area (Å²) in [5.41, 5.74) is 0.982. The normalized spacial score (nSPS) is 16.3. The van der Waals surface area contributed by atoms with Gasteiger partial charge in [0.25, 0.3) is 5.91 Å². The van der Waals surface area contributed by atoms with E-state index in [0.717, 1.165) is 10.4 Å². The number of thiophene rings is 1. The summed E-state index contributed by atoms with van der Waals surface area (Å²) in [4.78, 5) is 25.4. The number of hydrogen-bond acceptors (Lipinski definition) is 3. The van der Waals surface area contributed by atoms with E-state index in [-0.39, 0.29) is 18.4 Å². The monoisotopic (exact) mass is 224 g/mol. The Kier molecular flexibility index (Phi) is 2.73. The van der Waals surface area contributed by atoms with E-state index in [1.165, 1.54) is 11.3 Å². The Balaban J connectivity index is 2.14. The van der Waals surface area contributed by atoms with Crippen LogP contribution in [0.1, 0.15) is 15.2 Å². The van der Waals surface area contributed by atoms with Crippen LogP contribution in [-0.2, 0) is 4.79 Å². The Morgan fingerprint density at radius 2 is 2.40 bits per heavy atom. The largest absolute Gasteiger partial charge is 0.353 e. The predicted octanol–water partition coefficient (Wildman–Crippen LogP) is 0.629. The number of hydrogen-bond donors (Lipinski definition) is 1. The third-order valence-electron chi connectivity index (χ3n) is 2.38. The first kappa shape index (κ1) is 10.2. The van der Waals surface area contributed by atoms with E-state index in [0.29, 0.717) is 13.1 Å². The Labute approximate surface area is 91.9 Å². The van der Waals surface area contributed by atoms with E-state index in [4.69, 9.17) is 0 Å². The second-order valence-corrected chi connectivity index (χ2v) is 4.43. The average Bonchev–Trinajstić information content (AvgIpc) is 2.63. The molecule has 1 aliphatic rings. The van der Waals surface area contributed by atoms with E-state index in [1.54, 1.807) is 4.90 Å². The summed E-state index contributed by atoms with van der Waals surface area (Å²) in [6.45, 7) is 3.24. The predicted molar refractivity (Wildman–Crippen MR) is 58.0 cm³/mol. The molecule has 80 valence electrons. The van der Waals surface area contributed by atoms with Crippen LogP contribution in [0.5, 0.6) is 0 Å². The lowest BCUT2D eigenvalue weighted by molar-refractivity contribution is -0.123. The quantitative estimate of drug-likeness (QED) is 0.760. The summed E-state index contributed by atoms with van der Waals surface area (Å²) in [7, 11) is 0. The molecule has 0 bridgehead atoms. The zero-order chi connectivity index (χ0) is 10.8. The molecule has 5 heteroatoms. The molecule has 2 amide bonds. The molecule has 1 fully saturated rings. The van der Waals surface area contributed by atoms with E-state index in [9.17, 15) is 9.59 Å². The zero-order valence-electron chi connectivity index (χ0n) is 8.45. The summed E-state index contributed by atoms with van der Waals surface area (Å²) in [6, 6.07) is 1.92. The molecular formula is C10H12N2O2S. The maximum atomic E-state index is 12.0. The van der Waals surface area contributed by atoms with Crippen LogP contribution in [0.15, 0.2) is 11.4 Å². The molecule has 1 N–H and O–H groups in total. The van der Waals surface area contributed by atoms with Gasteiger partial charge in [-0.05, 0) is 23.9 Å². The van der Waals surface area contributed by atoms with Crippen molar-refractivity contribution >= 4 is 23.2 Å². The van der Waals surface area contributed by atoms with Gasteiger partial charge in [-0.1, -0.05) is 0 Å². The van der Waals surface area contributed by atoms with Crippen molar-refractivity contribution in [2.45, 2.75) is 6.92 Å². The fourth-order valence-electron chi connectivity index (χ4n) is 1.55. The number of carbonyl (C=O) groups excluding carboxylic acids is 2. The highest BCUT2D eigenvalue weighted by Gasteiger charge is 2.23. The van der Waals surface area contributed by atoms with Crippen LogP contribution in [0, 0.1) is 6.92 Å². The molecule has 1 aromatic heterocycles. The van der Waals surface area contributed by atoms with Crippen molar-refractivity contribution in [3.05, 3.63) is 21.9 Å². The molecule has 2 heterocycles. The molecule has 0 atom stereocenters. The molecular weight excluding hydrogens is 212 g/mol. The third kappa shape index (κ3) is 2.02. The van der Waals surface area contributed by atoms with Crippen LogP contribution < -0.4 is 5.32 Å². The van der Waals surface area contributed by atoms with Crippen LogP contribution in [0.25, 0.3) is 0 Å². The first-order chi connectivity index (χ1) is 7.18. The Hall–Kier alpha value is -1.36. The van der Waals surface area contributed by atoms with Gasteiger partial charge in [0.15, 0.2) is 0 Å². The fourth-order valence-corrected chi connectivity index (χ4v) is 2.44. The number of nitrogens with one attached hydrogen (secondary N) is 1. The van der Waals surface area contributed by atoms with Gasteiger partial charge in [0.1, 0.15) is 0 Å². The van der Waals surface area contributed by atoms with Gasteiger partial charge in [-0.2, -0.15) is 0 Å². The van der Waals surface area contributed by atoms with Gasteiger partial charge in [-0.3, -0.25) is 9.59 Å². The Morgan fingerprint density at radius 3 is 3.00 bits per heavy atom. The van der Waals surface area contributed by atoms with Gasteiger partial charge in [0.05, 0.1) is 11.4 Å². The lowest BCUT2D eigenvalue weighted by Crippen LogP contribution is -2.49.